The summed E-state index contributed by atoms with van der Waals surface area (Å²) in [5.74, 6) is -7.41. The Morgan fingerprint density at radius 1 is 0.440 bits per heavy atom. The minimum absolute atomic E-state index is 0. The number of carboxylic acids is 1. The molecule has 32 heteroatoms. The number of ether oxygens (including phenoxy) is 3. The maximum Gasteiger partial charge on any atom is 1.00 e. The fraction of sp³-hybridized carbons (Fsp3) is 0.333. The second-order valence-corrected chi connectivity index (χ2v) is 42.0. The summed E-state index contributed by atoms with van der Waals surface area (Å²) in [6, 6.07) is 55.8. The van der Waals surface area contributed by atoms with Crippen molar-refractivity contribution in [3.8, 4) is 0 Å². The number of fused-ring (bicyclic) bond motifs is 3. The number of nitrogens with zero attached hydrogens (tertiary/aromatic N) is 4. The van der Waals surface area contributed by atoms with Gasteiger partial charge < -0.3 is 84.7 Å². The third-order valence-corrected chi connectivity index (χ3v) is 29.7. The Morgan fingerprint density at radius 3 is 1.06 bits per heavy atom. The number of hydrogen-bond acceptors (Lipinski definition) is 21. The molecule has 134 heavy (non-hydrogen) atoms. The molecule has 14 rings (SSSR count). The van der Waals surface area contributed by atoms with Crippen LogP contribution in [0.15, 0.2) is 243 Å². The van der Waals surface area contributed by atoms with Crippen molar-refractivity contribution in [1.29, 1.82) is 0 Å². The minimum Gasteiger partial charge on any atom is -0.543 e. The van der Waals surface area contributed by atoms with E-state index in [1.807, 2.05) is 146 Å². The number of nitrogens with one attached hydrogen (secondary N) is 4. The SMILES string of the molecule is C=CCOC(=O)C(N1C(=O)[C@H]([C@@H](C)O)[C@H]1CC(=O)c1ccc(CC(=O)NC)cc1)=P(c1ccccc1)(c1ccccc1)c1ccccc1.C=CCOC(=O)C1=C(c2ccc(CC(=O)NC)cc2)C[C@@H]2[C@@H]([C@@H](C)O)C(=O)N12.C=CCOC(=O)C1=C(c2ccc(CC(=O)NC)cc2)C[C@@H]2[C@@H]([C@@H](C)O[Si](C)(C)C)C(=O)N12.CNC(=O)Cc1ccc(C2=C(C(=O)[O-])N3C(=O)[C@H]([C@@H](C)O)[C@H]3C2)cc1.[Na+]. The molecule has 7 aromatic rings. The number of carbonyl (C=O) groups is 13. The molecule has 0 unspecified atom stereocenters. The number of hydrogen-bond donors (Lipinski definition) is 7. The normalized spacial score (nSPS) is 19.7. The van der Waals surface area contributed by atoms with Gasteiger partial charge in [0.1, 0.15) is 36.6 Å². The van der Waals surface area contributed by atoms with Crippen LogP contribution in [0.5, 0.6) is 0 Å². The molecule has 7 aliphatic heterocycles. The zero-order valence-corrected chi connectivity index (χ0v) is 81.3. The van der Waals surface area contributed by atoms with E-state index in [1.54, 1.807) is 88.5 Å². The van der Waals surface area contributed by atoms with Gasteiger partial charge in [0, 0.05) is 47.1 Å². The standard InChI is InChI=1S/C39H39N2O6P.C24H32N2O5Si.C21H24N2O5.C18H20N2O5.Na/c1-4-24-47-39(46)38(48(30-14-8-5-9-15-30,31-16-10-6-11-17-31)32-18-12-7-13-19-32)41-33(36(27(2)42)37(41)45)26-34(43)29-22-20-28(21-23-29)25-35(44)40-3;1-7-12-30-24(29)22-18(17-10-8-16(9-11-17)13-20(27)25-3)14-19-21(23(28)26(19)22)15(2)31-32(4,5)6;1-4-9-28-21(27)19-15(11-16-18(12(2)24)20(26)23(16)19)14-7-5-13(6-8-14)10-17(25)22-3;1-9(21)15-13-8-12(16(18(24)25)20(13)17(15)23)11-5-3-10(4-6-11)7-14(22)19-2;/h4-23,27,33,36,42H,1,24-26H2,2-3H3,(H,40,44);7-11,15,19,21H,1,12-14H2,2-6H3,(H,25,27);4-8,12,16,18,24H,1,9-11H2,2-3H3,(H,22,25);3-6,9,13,15,21H,7-8H2,1-2H3,(H,19,22)(H,24,25);/q;;;;+1/p-1/t27-,33-,36-;15-,19-,21-;12-,16-,18-;9-,13-,15-;/m1111./s1. The number of aliphatic hydroxyl groups is 3. The Morgan fingerprint density at radius 2 is 0.746 bits per heavy atom. The summed E-state index contributed by atoms with van der Waals surface area (Å²) < 4.78 is 22.5. The summed E-state index contributed by atoms with van der Waals surface area (Å²) >= 11 is 0. The van der Waals surface area contributed by atoms with Gasteiger partial charge in [-0.2, -0.15) is 0 Å². The molecule has 0 spiro atoms. The topological polar surface area (TPSA) is 404 Å². The zero-order chi connectivity index (χ0) is 96.6. The van der Waals surface area contributed by atoms with Gasteiger partial charge in [-0.05, 0) is 138 Å². The minimum atomic E-state index is -3.17. The Kier molecular flexibility index (Phi) is 35.7. The monoisotopic (exact) mass is 1870 g/mol. The Balaban J connectivity index is 0.000000191. The number of benzene rings is 7. The summed E-state index contributed by atoms with van der Waals surface area (Å²) in [6.45, 7) is 20.6. The average molecular weight is 1870 g/mol. The van der Waals surface area contributed by atoms with Crippen LogP contribution >= 0.6 is 6.89 Å². The molecule has 12 atom stereocenters. The predicted octanol–water partition coefficient (Wildman–Crippen LogP) is 3.57. The first-order valence-corrected chi connectivity index (χ1v) is 49.2. The molecule has 0 radical (unpaired) electrons. The third kappa shape index (κ3) is 22.7. The maximum absolute atomic E-state index is 14.5. The number of carboxylic acid groups (broad SMARTS) is 1. The number of likely N-dealkylation sites (N-methyl/N-ethyl adjacent to an activating group) is 4. The molecule has 698 valence electrons. The number of rotatable bonds is 34. The van der Waals surface area contributed by atoms with Crippen LogP contribution in [-0.4, -0.2) is 222 Å². The molecule has 0 aliphatic carbocycles. The fourth-order valence-corrected chi connectivity index (χ4v) is 23.9. The number of carbonyl (C=O) groups excluding carboxylic acids is 13. The van der Waals surface area contributed by atoms with E-state index in [9.17, 15) is 82.8 Å². The van der Waals surface area contributed by atoms with Crippen molar-refractivity contribution in [2.45, 2.75) is 147 Å². The molecule has 8 amide bonds. The molecule has 0 bridgehead atoms. The molecule has 7 aliphatic rings. The number of β-lactam (4-membered cyclic amide) rings is 4. The largest absolute Gasteiger partial charge is 1.00 e. The van der Waals surface area contributed by atoms with Gasteiger partial charge in [-0.3, -0.25) is 43.2 Å². The Hall–Kier alpha value is -12.4. The summed E-state index contributed by atoms with van der Waals surface area (Å²) in [4.78, 5) is 170. The molecule has 0 saturated carbocycles. The summed E-state index contributed by atoms with van der Waals surface area (Å²) in [5, 5.41) is 54.9. The Labute approximate surface area is 803 Å². The number of Topliss-reactive ketones (excluding diaryl/α,β-unsaturated/α-hetero) is 1. The number of aliphatic carboxylic acids is 1. The summed E-state index contributed by atoms with van der Waals surface area (Å²) in [5.41, 5.74) is 8.53. The number of amides is 8. The van der Waals surface area contributed by atoms with Gasteiger partial charge in [0.15, 0.2) is 14.1 Å². The fourth-order valence-electron chi connectivity index (χ4n) is 18.2. The molecular weight excluding hydrogens is 1760 g/mol. The zero-order valence-electron chi connectivity index (χ0n) is 77.4. The molecular formula is C102H114N8NaO21PSi. The van der Waals surface area contributed by atoms with Crippen molar-refractivity contribution >= 4 is 130 Å². The first-order chi connectivity index (χ1) is 63.5. The van der Waals surface area contributed by atoms with E-state index >= 15 is 0 Å². The smallest absolute Gasteiger partial charge is 0.543 e. The van der Waals surface area contributed by atoms with Crippen LogP contribution in [0, 0.1) is 23.7 Å². The van der Waals surface area contributed by atoms with Crippen molar-refractivity contribution in [2.24, 2.45) is 23.7 Å². The Bertz CT molecular complexity index is 5660. The molecule has 4 saturated heterocycles. The first kappa shape index (κ1) is 104. The van der Waals surface area contributed by atoms with Crippen LogP contribution in [-0.2, 0) is 102 Å². The van der Waals surface area contributed by atoms with E-state index in [0.717, 1.165) is 54.9 Å². The van der Waals surface area contributed by atoms with E-state index in [4.69, 9.17) is 18.6 Å². The molecule has 7 aromatic carbocycles. The quantitative estimate of drug-likeness (QED) is 0.00576. The molecule has 0 aromatic heterocycles. The number of aliphatic hydroxyl groups excluding tert-OH is 3. The van der Waals surface area contributed by atoms with Gasteiger partial charge >= 0.3 is 47.5 Å². The van der Waals surface area contributed by atoms with Crippen LogP contribution in [0.1, 0.15) is 103 Å². The van der Waals surface area contributed by atoms with E-state index in [1.165, 1.54) is 46.8 Å². The number of ketones is 1. The van der Waals surface area contributed by atoms with Gasteiger partial charge in [0.25, 0.3) is 0 Å². The van der Waals surface area contributed by atoms with Gasteiger partial charge in [0.2, 0.25) is 47.3 Å². The van der Waals surface area contributed by atoms with Crippen LogP contribution in [0.25, 0.3) is 16.7 Å². The van der Waals surface area contributed by atoms with Crippen LogP contribution < -0.4 is 71.8 Å². The second-order valence-electron chi connectivity index (χ2n) is 34.2. The third-order valence-electron chi connectivity index (χ3n) is 24.4. The van der Waals surface area contributed by atoms with Crippen molar-refractivity contribution in [3.63, 3.8) is 0 Å². The van der Waals surface area contributed by atoms with Crippen LogP contribution in [0.4, 0.5) is 0 Å². The van der Waals surface area contributed by atoms with E-state index < -0.39 is 87.1 Å². The molecule has 4 fully saturated rings. The first-order valence-electron chi connectivity index (χ1n) is 44.0. The van der Waals surface area contributed by atoms with Crippen LogP contribution in [0.2, 0.25) is 19.6 Å². The number of esters is 3. The van der Waals surface area contributed by atoms with Crippen molar-refractivity contribution in [3.05, 3.63) is 288 Å². The maximum atomic E-state index is 14.5. The van der Waals surface area contributed by atoms with E-state index in [2.05, 4.69) is 60.6 Å². The second kappa shape index (κ2) is 46.1. The van der Waals surface area contributed by atoms with Crippen molar-refractivity contribution in [1.82, 2.24) is 40.9 Å². The number of likely N-dealkylation sites (tertiary alicyclic amines) is 1. The molecule has 7 heterocycles. The predicted molar refractivity (Wildman–Crippen MR) is 504 cm³/mol. The summed E-state index contributed by atoms with van der Waals surface area (Å²) in [7, 11) is 4.49. The summed E-state index contributed by atoms with van der Waals surface area (Å²) in [6.07, 6.45) is 3.73. The molecule has 7 N–H and O–H groups in total. The van der Waals surface area contributed by atoms with Gasteiger partial charge in [0.05, 0.1) is 110 Å². The van der Waals surface area contributed by atoms with Crippen LogP contribution in [0.3, 0.4) is 0 Å². The van der Waals surface area contributed by atoms with E-state index in [0.29, 0.717) is 47.2 Å². The van der Waals surface area contributed by atoms with Gasteiger partial charge in [-0.1, -0.05) is 226 Å². The van der Waals surface area contributed by atoms with E-state index in [-0.39, 0.29) is 176 Å². The van der Waals surface area contributed by atoms with Crippen molar-refractivity contribution in [2.75, 3.05) is 48.0 Å². The van der Waals surface area contributed by atoms with Crippen molar-refractivity contribution < 1.29 is 131 Å². The van der Waals surface area contributed by atoms with Gasteiger partial charge in [-0.15, -0.1) is 0 Å². The molecule has 29 nitrogen and oxygen atoms in total. The average Bonchev–Trinajstić information content (AvgIpc) is 1.17. The van der Waals surface area contributed by atoms with Gasteiger partial charge in [-0.25, -0.2) is 14.4 Å².